The van der Waals surface area contributed by atoms with Crippen molar-refractivity contribution >= 4 is 49.3 Å². The summed E-state index contributed by atoms with van der Waals surface area (Å²) in [4.78, 5) is 11.9. The highest BCUT2D eigenvalue weighted by molar-refractivity contribution is 9.09. The zero-order valence-corrected chi connectivity index (χ0v) is 23.3. The Morgan fingerprint density at radius 2 is 1.42 bits per heavy atom. The van der Waals surface area contributed by atoms with Gasteiger partial charge in [-0.1, -0.05) is 56.1 Å². The van der Waals surface area contributed by atoms with Crippen LogP contribution in [0.3, 0.4) is 0 Å². The van der Waals surface area contributed by atoms with Crippen LogP contribution in [0, 0.1) is 13.8 Å². The molecule has 2 aromatic carbocycles. The van der Waals surface area contributed by atoms with Gasteiger partial charge in [0.1, 0.15) is 17.1 Å². The number of ether oxygens (including phenoxy) is 3. The molecule has 0 aromatic heterocycles. The van der Waals surface area contributed by atoms with Crippen LogP contribution in [-0.2, 0) is 4.74 Å². The number of aryl methyl sites for hydroxylation is 2. The topological polar surface area (TPSA) is 82.8 Å². The second-order valence-corrected chi connectivity index (χ2v) is 9.93. The van der Waals surface area contributed by atoms with E-state index in [1.165, 1.54) is 0 Å². The van der Waals surface area contributed by atoms with E-state index in [1.807, 2.05) is 71.0 Å². The number of nitrogens with two attached hydrogens (primary N) is 1. The van der Waals surface area contributed by atoms with Crippen LogP contribution in [-0.4, -0.2) is 35.6 Å². The second kappa shape index (κ2) is 15.1. The van der Waals surface area contributed by atoms with E-state index in [4.69, 9.17) is 19.9 Å². The molecule has 0 saturated heterocycles. The number of halogens is 2. The molecule has 8 heteroatoms. The Bertz CT molecular complexity index is 870. The van der Waals surface area contributed by atoms with Crippen LogP contribution < -0.4 is 20.5 Å². The van der Waals surface area contributed by atoms with Crippen molar-refractivity contribution in [1.82, 2.24) is 0 Å². The maximum Gasteiger partial charge on any atom is 0.412 e. The minimum absolute atomic E-state index is 0.475. The summed E-state index contributed by atoms with van der Waals surface area (Å²) in [6.07, 6.45) is 1.42. The standard InChI is InChI=1S/C15H22BrNO3.C10H14BrNO/c1-11-7-5-8-12(19-10-6-9-16)13(11)17-14(18)20-15(2,3)4;1-8-4-2-5-9(10(8)12)13-7-3-6-11/h5,7-8H,6,9-10H2,1-4H3,(H,17,18);2,4-5H,3,6-7,12H2,1H3. The maximum atomic E-state index is 11.9. The van der Waals surface area contributed by atoms with Crippen molar-refractivity contribution in [2.45, 2.75) is 53.1 Å². The van der Waals surface area contributed by atoms with Crippen LogP contribution in [0.5, 0.6) is 11.5 Å². The van der Waals surface area contributed by atoms with Gasteiger partial charge in [0, 0.05) is 10.7 Å². The van der Waals surface area contributed by atoms with Crippen molar-refractivity contribution < 1.29 is 19.0 Å². The molecule has 2 aromatic rings. The number of carbonyl (C=O) groups excluding carboxylic acids is 1. The Morgan fingerprint density at radius 1 is 0.909 bits per heavy atom. The monoisotopic (exact) mass is 586 g/mol. The lowest BCUT2D eigenvalue weighted by atomic mass is 10.2. The van der Waals surface area contributed by atoms with Gasteiger partial charge in [-0.3, -0.25) is 5.32 Å². The van der Waals surface area contributed by atoms with E-state index < -0.39 is 11.7 Å². The van der Waals surface area contributed by atoms with Gasteiger partial charge in [0.25, 0.3) is 0 Å². The molecule has 2 rings (SSSR count). The predicted molar refractivity (Wildman–Crippen MR) is 144 cm³/mol. The average Bonchev–Trinajstić information content (AvgIpc) is 2.73. The fourth-order valence-corrected chi connectivity index (χ4v) is 3.04. The molecule has 0 radical (unpaired) electrons. The van der Waals surface area contributed by atoms with E-state index in [9.17, 15) is 4.79 Å². The van der Waals surface area contributed by atoms with Gasteiger partial charge in [0.05, 0.1) is 24.6 Å². The number of hydrogen-bond acceptors (Lipinski definition) is 5. The maximum absolute atomic E-state index is 11.9. The lowest BCUT2D eigenvalue weighted by molar-refractivity contribution is 0.0635. The van der Waals surface area contributed by atoms with Crippen molar-refractivity contribution in [2.75, 3.05) is 34.9 Å². The molecule has 1 amide bonds. The molecule has 0 spiro atoms. The quantitative estimate of drug-likeness (QED) is 0.183. The normalized spacial score (nSPS) is 10.6. The van der Waals surface area contributed by atoms with Crippen molar-refractivity contribution in [1.29, 1.82) is 0 Å². The molecule has 3 N–H and O–H groups in total. The minimum Gasteiger partial charge on any atom is -0.491 e. The van der Waals surface area contributed by atoms with Gasteiger partial charge >= 0.3 is 6.09 Å². The molecule has 0 heterocycles. The van der Waals surface area contributed by atoms with Gasteiger partial charge in [-0.05, 0) is 70.7 Å². The molecule has 0 bridgehead atoms. The number of anilines is 2. The first-order chi connectivity index (χ1) is 15.6. The number of amides is 1. The third-order valence-electron chi connectivity index (χ3n) is 4.22. The molecule has 33 heavy (non-hydrogen) atoms. The molecule has 6 nitrogen and oxygen atoms in total. The summed E-state index contributed by atoms with van der Waals surface area (Å²) in [5.74, 6) is 1.46. The molecule has 0 unspecified atom stereocenters. The fourth-order valence-electron chi connectivity index (χ4n) is 2.58. The van der Waals surface area contributed by atoms with E-state index in [2.05, 4.69) is 37.2 Å². The first-order valence-electron chi connectivity index (χ1n) is 10.9. The minimum atomic E-state index is -0.524. The molecule has 0 atom stereocenters. The van der Waals surface area contributed by atoms with Crippen LogP contribution in [0.4, 0.5) is 16.2 Å². The number of hydrogen-bond donors (Lipinski definition) is 2. The van der Waals surface area contributed by atoms with E-state index in [0.29, 0.717) is 24.7 Å². The van der Waals surface area contributed by atoms with E-state index >= 15 is 0 Å². The summed E-state index contributed by atoms with van der Waals surface area (Å²) in [5.41, 5.74) is 8.72. The van der Waals surface area contributed by atoms with Gasteiger partial charge < -0.3 is 19.9 Å². The Hall–Kier alpha value is -1.93. The molecule has 0 aliphatic heterocycles. The third kappa shape index (κ3) is 11.7. The van der Waals surface area contributed by atoms with E-state index in [-0.39, 0.29) is 0 Å². The summed E-state index contributed by atoms with van der Waals surface area (Å²) in [6.45, 7) is 10.7. The number of nitrogens with one attached hydrogen (secondary N) is 1. The largest absolute Gasteiger partial charge is 0.491 e. The van der Waals surface area contributed by atoms with E-state index in [1.54, 1.807) is 0 Å². The SMILES string of the molecule is Cc1cccc(OCCCBr)c1N.Cc1cccc(OCCCBr)c1NC(=O)OC(C)(C)C. The Morgan fingerprint density at radius 3 is 1.97 bits per heavy atom. The average molecular weight is 588 g/mol. The van der Waals surface area contributed by atoms with Crippen molar-refractivity contribution in [2.24, 2.45) is 0 Å². The molecule has 0 saturated carbocycles. The summed E-state index contributed by atoms with van der Waals surface area (Å²) < 4.78 is 16.5. The highest BCUT2D eigenvalue weighted by atomic mass is 79.9. The smallest absolute Gasteiger partial charge is 0.412 e. The van der Waals surface area contributed by atoms with Crippen LogP contribution >= 0.6 is 31.9 Å². The molecular weight excluding hydrogens is 552 g/mol. The van der Waals surface area contributed by atoms with Crippen LogP contribution in [0.2, 0.25) is 0 Å². The highest BCUT2D eigenvalue weighted by Crippen LogP contribution is 2.29. The number of alkyl halides is 2. The summed E-state index contributed by atoms with van der Waals surface area (Å²) in [5, 5.41) is 4.60. The van der Waals surface area contributed by atoms with Crippen LogP contribution in [0.25, 0.3) is 0 Å². The van der Waals surface area contributed by atoms with Gasteiger partial charge in [0.15, 0.2) is 0 Å². The van der Waals surface area contributed by atoms with Crippen molar-refractivity contribution in [3.05, 3.63) is 47.5 Å². The predicted octanol–water partition coefficient (Wildman–Crippen LogP) is 7.25. The first-order valence-corrected chi connectivity index (χ1v) is 13.2. The summed E-state index contributed by atoms with van der Waals surface area (Å²) in [6, 6.07) is 11.5. The Kier molecular flexibility index (Phi) is 13.3. The summed E-state index contributed by atoms with van der Waals surface area (Å²) in [7, 11) is 0. The van der Waals surface area contributed by atoms with Crippen LogP contribution in [0.15, 0.2) is 36.4 Å². The third-order valence-corrected chi connectivity index (χ3v) is 5.34. The summed E-state index contributed by atoms with van der Waals surface area (Å²) >= 11 is 6.70. The van der Waals surface area contributed by atoms with E-state index in [0.717, 1.165) is 46.1 Å². The molecule has 0 fully saturated rings. The zero-order chi connectivity index (χ0) is 24.9. The lowest BCUT2D eigenvalue weighted by Crippen LogP contribution is -2.27. The number of nitrogen functional groups attached to an aromatic ring is 1. The number of carbonyl (C=O) groups is 1. The second-order valence-electron chi connectivity index (χ2n) is 8.34. The number of benzene rings is 2. The fraction of sp³-hybridized carbons (Fsp3) is 0.480. The van der Waals surface area contributed by atoms with Crippen LogP contribution in [0.1, 0.15) is 44.7 Å². The molecule has 0 aliphatic carbocycles. The van der Waals surface area contributed by atoms with Gasteiger partial charge in [0.2, 0.25) is 0 Å². The number of para-hydroxylation sites is 2. The number of rotatable bonds is 9. The van der Waals surface area contributed by atoms with Crippen molar-refractivity contribution in [3.63, 3.8) is 0 Å². The highest BCUT2D eigenvalue weighted by Gasteiger charge is 2.18. The molecule has 184 valence electrons. The first kappa shape index (κ1) is 29.1. The van der Waals surface area contributed by atoms with Crippen molar-refractivity contribution in [3.8, 4) is 11.5 Å². The van der Waals surface area contributed by atoms with Gasteiger partial charge in [-0.15, -0.1) is 0 Å². The Labute approximate surface area is 214 Å². The zero-order valence-electron chi connectivity index (χ0n) is 20.2. The van der Waals surface area contributed by atoms with Gasteiger partial charge in [-0.25, -0.2) is 4.79 Å². The molecule has 0 aliphatic rings. The molecular formula is C25H36Br2N2O4. The Balaban J connectivity index is 0.000000361. The lowest BCUT2D eigenvalue weighted by Gasteiger charge is -2.21. The van der Waals surface area contributed by atoms with Gasteiger partial charge in [-0.2, -0.15) is 0 Å².